The summed E-state index contributed by atoms with van der Waals surface area (Å²) in [6, 6.07) is 4.86. The normalized spacial score (nSPS) is 13.2. The number of carbonyl (C=O) groups is 3. The fourth-order valence-corrected chi connectivity index (χ4v) is 3.72. The number of aryl methyl sites for hydroxylation is 2. The zero-order chi connectivity index (χ0) is 27.0. The quantitative estimate of drug-likeness (QED) is 0.488. The first-order valence-corrected chi connectivity index (χ1v) is 11.7. The van der Waals surface area contributed by atoms with Gasteiger partial charge in [0, 0.05) is 25.4 Å². The first-order chi connectivity index (χ1) is 16.8. The van der Waals surface area contributed by atoms with Crippen LogP contribution in [0.15, 0.2) is 42.7 Å². The van der Waals surface area contributed by atoms with Gasteiger partial charge in [-0.3, -0.25) is 14.6 Å². The third-order valence-electron chi connectivity index (χ3n) is 5.54. The Labute approximate surface area is 212 Å². The number of nitrogens with zero attached hydrogens (tertiary/aromatic N) is 2. The Morgan fingerprint density at radius 1 is 1.22 bits per heavy atom. The highest BCUT2D eigenvalue weighted by molar-refractivity contribution is 5.91. The number of carbonyl (C=O) groups excluding carboxylic acids is 3. The molecule has 4 N–H and O–H groups in total. The van der Waals surface area contributed by atoms with Crippen molar-refractivity contribution in [2.45, 2.75) is 65.6 Å². The molecule has 194 valence electrons. The second-order valence-corrected chi connectivity index (χ2v) is 9.72. The van der Waals surface area contributed by atoms with Gasteiger partial charge in [0.1, 0.15) is 23.4 Å². The number of rotatable bonds is 9. The van der Waals surface area contributed by atoms with Gasteiger partial charge < -0.3 is 25.8 Å². The number of benzene rings is 1. The lowest BCUT2D eigenvalue weighted by molar-refractivity contribution is -0.139. The first-order valence-electron chi connectivity index (χ1n) is 11.7. The van der Waals surface area contributed by atoms with Gasteiger partial charge in [0.2, 0.25) is 11.8 Å². The number of hydrogen-bond donors (Lipinski definition) is 3. The monoisotopic (exact) mass is 496 g/mol. The summed E-state index contributed by atoms with van der Waals surface area (Å²) >= 11 is 0. The molecule has 0 fully saturated rings. The van der Waals surface area contributed by atoms with E-state index in [1.807, 2.05) is 19.9 Å². The molecule has 1 unspecified atom stereocenters. The highest BCUT2D eigenvalue weighted by Crippen LogP contribution is 2.23. The second-order valence-electron chi connectivity index (χ2n) is 9.72. The van der Waals surface area contributed by atoms with E-state index in [-0.39, 0.29) is 18.7 Å². The van der Waals surface area contributed by atoms with Crippen LogP contribution in [0.3, 0.4) is 0 Å². The van der Waals surface area contributed by atoms with Crippen molar-refractivity contribution in [3.8, 4) is 5.75 Å². The predicted octanol–water partition coefficient (Wildman–Crippen LogP) is 3.26. The lowest BCUT2D eigenvalue weighted by Crippen LogP contribution is -2.55. The van der Waals surface area contributed by atoms with Gasteiger partial charge in [0.15, 0.2) is 0 Å². The summed E-state index contributed by atoms with van der Waals surface area (Å²) in [5.74, 6) is -1.05. The Kier molecular flexibility index (Phi) is 9.60. The van der Waals surface area contributed by atoms with Crippen LogP contribution in [0.5, 0.6) is 5.75 Å². The average molecular weight is 497 g/mol. The van der Waals surface area contributed by atoms with E-state index in [1.54, 1.807) is 70.4 Å². The van der Waals surface area contributed by atoms with E-state index < -0.39 is 35.6 Å². The van der Waals surface area contributed by atoms with Gasteiger partial charge >= 0.3 is 6.09 Å². The third-order valence-corrected chi connectivity index (χ3v) is 5.54. The maximum atomic E-state index is 13.8. The molecule has 2 rings (SSSR count). The Bertz CT molecular complexity index is 1090. The van der Waals surface area contributed by atoms with Gasteiger partial charge in [-0.05, 0) is 82.0 Å². The van der Waals surface area contributed by atoms with Crippen molar-refractivity contribution in [3.63, 3.8) is 0 Å². The average Bonchev–Trinajstić information content (AvgIpc) is 2.76. The standard InChI is InChI=1S/C27H36N4O5/c1-17-13-21(32)14-18(2)22(17)15-23(30-26(35)36-27(4,5)6)25(34)31(19(3)24(28)33)12-8-10-20-9-7-11-29-16-20/h7-11,13-14,16,19,23,32H,12,15H2,1-6H3,(H2,28,33)(H,30,35)/b10-8+/t19-,23?/m1/s1. The van der Waals surface area contributed by atoms with Gasteiger partial charge in [-0.15, -0.1) is 0 Å². The number of ether oxygens (including phenoxy) is 1. The van der Waals surface area contributed by atoms with E-state index in [0.29, 0.717) is 0 Å². The highest BCUT2D eigenvalue weighted by atomic mass is 16.6. The fourth-order valence-electron chi connectivity index (χ4n) is 3.72. The molecule has 2 aromatic rings. The molecule has 9 heteroatoms. The highest BCUT2D eigenvalue weighted by Gasteiger charge is 2.32. The van der Waals surface area contributed by atoms with Crippen LogP contribution in [0.2, 0.25) is 0 Å². The van der Waals surface area contributed by atoms with Crippen LogP contribution in [-0.4, -0.2) is 57.1 Å². The molecule has 1 aromatic heterocycles. The number of aromatic hydroxyl groups is 1. The Morgan fingerprint density at radius 2 is 1.86 bits per heavy atom. The molecule has 9 nitrogen and oxygen atoms in total. The van der Waals surface area contributed by atoms with E-state index in [1.165, 1.54) is 4.90 Å². The van der Waals surface area contributed by atoms with Crippen molar-refractivity contribution >= 4 is 24.0 Å². The van der Waals surface area contributed by atoms with Crippen LogP contribution in [0.25, 0.3) is 6.08 Å². The summed E-state index contributed by atoms with van der Waals surface area (Å²) in [6.45, 7) is 10.4. The molecule has 1 aromatic carbocycles. The van der Waals surface area contributed by atoms with Gasteiger partial charge in [-0.1, -0.05) is 18.2 Å². The Hall–Kier alpha value is -3.88. The fraction of sp³-hybridized carbons (Fsp3) is 0.407. The Morgan fingerprint density at radius 3 is 2.39 bits per heavy atom. The molecule has 36 heavy (non-hydrogen) atoms. The molecule has 0 aliphatic carbocycles. The molecular formula is C27H36N4O5. The molecule has 0 saturated carbocycles. The van der Waals surface area contributed by atoms with E-state index >= 15 is 0 Å². The number of alkyl carbamates (subject to hydrolysis) is 1. The maximum Gasteiger partial charge on any atom is 0.408 e. The van der Waals surface area contributed by atoms with E-state index in [0.717, 1.165) is 22.3 Å². The summed E-state index contributed by atoms with van der Waals surface area (Å²) in [5, 5.41) is 12.6. The number of pyridine rings is 1. The number of nitrogens with one attached hydrogen (secondary N) is 1. The zero-order valence-corrected chi connectivity index (χ0v) is 21.7. The summed E-state index contributed by atoms with van der Waals surface area (Å²) in [5.41, 5.74) is 7.94. The summed E-state index contributed by atoms with van der Waals surface area (Å²) in [6.07, 6.45) is 6.21. The number of nitrogens with two attached hydrogens (primary N) is 1. The molecule has 0 radical (unpaired) electrons. The van der Waals surface area contributed by atoms with Gasteiger partial charge in [-0.25, -0.2) is 4.79 Å². The van der Waals surface area contributed by atoms with Crippen molar-refractivity contribution < 1.29 is 24.2 Å². The van der Waals surface area contributed by atoms with E-state index in [2.05, 4.69) is 10.3 Å². The summed E-state index contributed by atoms with van der Waals surface area (Å²) < 4.78 is 5.39. The lowest BCUT2D eigenvalue weighted by atomic mass is 9.95. The number of primary amides is 1. The van der Waals surface area contributed by atoms with Crippen LogP contribution < -0.4 is 11.1 Å². The smallest absolute Gasteiger partial charge is 0.408 e. The molecular weight excluding hydrogens is 460 g/mol. The van der Waals surface area contributed by atoms with Crippen molar-refractivity contribution in [1.29, 1.82) is 0 Å². The van der Waals surface area contributed by atoms with E-state index in [9.17, 15) is 19.5 Å². The predicted molar refractivity (Wildman–Crippen MR) is 138 cm³/mol. The van der Waals surface area contributed by atoms with Crippen LogP contribution in [0, 0.1) is 13.8 Å². The van der Waals surface area contributed by atoms with Crippen LogP contribution in [-0.2, 0) is 20.7 Å². The summed E-state index contributed by atoms with van der Waals surface area (Å²) in [4.78, 5) is 43.9. The minimum absolute atomic E-state index is 0.0812. The molecule has 0 aliphatic heterocycles. The van der Waals surface area contributed by atoms with Gasteiger partial charge in [-0.2, -0.15) is 0 Å². The Balaban J connectivity index is 2.40. The van der Waals surface area contributed by atoms with E-state index in [4.69, 9.17) is 10.5 Å². The van der Waals surface area contributed by atoms with Crippen LogP contribution >= 0.6 is 0 Å². The molecule has 2 atom stereocenters. The van der Waals surface area contributed by atoms with Crippen molar-refractivity contribution in [3.05, 3.63) is 65.0 Å². The lowest BCUT2D eigenvalue weighted by Gasteiger charge is -2.31. The van der Waals surface area contributed by atoms with Gasteiger partial charge in [0.05, 0.1) is 0 Å². The first kappa shape index (κ1) is 28.4. The summed E-state index contributed by atoms with van der Waals surface area (Å²) in [7, 11) is 0. The topological polar surface area (TPSA) is 135 Å². The van der Waals surface area contributed by atoms with Crippen LogP contribution in [0.4, 0.5) is 4.79 Å². The maximum absolute atomic E-state index is 13.8. The largest absolute Gasteiger partial charge is 0.508 e. The van der Waals surface area contributed by atoms with Crippen molar-refractivity contribution in [1.82, 2.24) is 15.2 Å². The number of phenols is 1. The molecule has 3 amide bonds. The number of phenolic OH excluding ortho intramolecular Hbond substituents is 1. The third kappa shape index (κ3) is 8.41. The minimum Gasteiger partial charge on any atom is -0.508 e. The minimum atomic E-state index is -1.05. The number of hydrogen-bond acceptors (Lipinski definition) is 6. The number of amides is 3. The molecule has 1 heterocycles. The van der Waals surface area contributed by atoms with Crippen LogP contribution in [0.1, 0.15) is 49.9 Å². The van der Waals surface area contributed by atoms with Gasteiger partial charge in [0.25, 0.3) is 0 Å². The SMILES string of the molecule is Cc1cc(O)cc(C)c1CC(NC(=O)OC(C)(C)C)C(=O)N(C/C=C/c1cccnc1)[C@H](C)C(N)=O. The molecule has 0 saturated heterocycles. The molecule has 0 aliphatic rings. The second kappa shape index (κ2) is 12.2. The van der Waals surface area contributed by atoms with Crippen molar-refractivity contribution in [2.75, 3.05) is 6.54 Å². The molecule has 0 bridgehead atoms. The van der Waals surface area contributed by atoms with Crippen molar-refractivity contribution in [2.24, 2.45) is 5.73 Å². The number of aromatic nitrogens is 1. The molecule has 0 spiro atoms. The zero-order valence-electron chi connectivity index (χ0n) is 21.7.